The molecule has 0 saturated carbocycles. The highest BCUT2D eigenvalue weighted by Gasteiger charge is 2.11. The van der Waals surface area contributed by atoms with E-state index in [4.69, 9.17) is 9.47 Å². The lowest BCUT2D eigenvalue weighted by molar-refractivity contribution is 0.190. The molecule has 0 aromatic carbocycles. The summed E-state index contributed by atoms with van der Waals surface area (Å²) in [5, 5.41) is 0. The molecule has 0 radical (unpaired) electrons. The van der Waals surface area contributed by atoms with E-state index in [0.717, 1.165) is 24.9 Å². The van der Waals surface area contributed by atoms with Crippen LogP contribution in [-0.2, 0) is 11.3 Å². The van der Waals surface area contributed by atoms with Gasteiger partial charge in [-0.15, -0.1) is 0 Å². The molecule has 0 amide bonds. The number of pyridine rings is 1. The van der Waals surface area contributed by atoms with Gasteiger partial charge in [-0.05, 0) is 33.0 Å². The Hall–Kier alpha value is -2.78. The van der Waals surface area contributed by atoms with E-state index < -0.39 is 0 Å². The molecule has 0 atom stereocenters. The first kappa shape index (κ1) is 20.0. The van der Waals surface area contributed by atoms with Crippen molar-refractivity contribution in [2.45, 2.75) is 19.4 Å². The molecule has 28 heavy (non-hydrogen) atoms. The minimum Gasteiger partial charge on any atom is -0.478 e. The van der Waals surface area contributed by atoms with Gasteiger partial charge in [0.05, 0.1) is 18.5 Å². The molecule has 3 rings (SSSR count). The zero-order valence-corrected chi connectivity index (χ0v) is 16.5. The summed E-state index contributed by atoms with van der Waals surface area (Å²) < 4.78 is 12.3. The minimum atomic E-state index is -0.220. The van der Waals surface area contributed by atoms with Crippen molar-refractivity contribution >= 4 is 11.3 Å². The molecule has 3 aromatic rings. The molecule has 0 bridgehead atoms. The average molecular weight is 386 g/mol. The van der Waals surface area contributed by atoms with Crippen LogP contribution in [0.1, 0.15) is 12.8 Å². The second kappa shape index (κ2) is 9.43. The number of nitrogens with zero attached hydrogens (tertiary/aromatic N) is 5. The molecule has 3 aromatic heterocycles. The Bertz CT molecular complexity index is 948. The summed E-state index contributed by atoms with van der Waals surface area (Å²) >= 11 is 0. The Morgan fingerprint density at radius 3 is 2.71 bits per heavy atom. The van der Waals surface area contributed by atoms with Gasteiger partial charge in [-0.2, -0.15) is 0 Å². The predicted octanol–water partition coefficient (Wildman–Crippen LogP) is 1.55. The summed E-state index contributed by atoms with van der Waals surface area (Å²) in [6, 6.07) is 3.70. The van der Waals surface area contributed by atoms with Crippen LogP contribution in [0.15, 0.2) is 29.3 Å². The summed E-state index contributed by atoms with van der Waals surface area (Å²) in [5.41, 5.74) is 2.23. The van der Waals surface area contributed by atoms with Gasteiger partial charge in [-0.3, -0.25) is 9.55 Å². The van der Waals surface area contributed by atoms with Crippen molar-refractivity contribution in [2.75, 3.05) is 41.0 Å². The molecule has 0 unspecified atom stereocenters. The predicted molar refractivity (Wildman–Crippen MR) is 107 cm³/mol. The van der Waals surface area contributed by atoms with Gasteiger partial charge >= 0.3 is 5.69 Å². The standard InChI is InChI=1S/C19H26N6O3/c1-24(2)8-4-11-28-16-7-6-14(12-20-16)15-13-21-18-17(22-15)23-19(26)25(18)9-5-10-27-3/h6-7,12-13H,4-5,8-11H2,1-3H3,(H,22,23,26). The maximum Gasteiger partial charge on any atom is 0.328 e. The number of aryl methyl sites for hydroxylation is 1. The Morgan fingerprint density at radius 2 is 2.00 bits per heavy atom. The van der Waals surface area contributed by atoms with Crippen molar-refractivity contribution in [1.29, 1.82) is 0 Å². The zero-order valence-electron chi connectivity index (χ0n) is 16.5. The van der Waals surface area contributed by atoms with E-state index in [1.54, 1.807) is 24.1 Å². The molecule has 0 fully saturated rings. The number of aromatic nitrogens is 5. The quantitative estimate of drug-likeness (QED) is 0.528. The van der Waals surface area contributed by atoms with Crippen molar-refractivity contribution in [3.63, 3.8) is 0 Å². The fourth-order valence-electron chi connectivity index (χ4n) is 2.82. The molecule has 0 aliphatic rings. The molecular weight excluding hydrogens is 360 g/mol. The monoisotopic (exact) mass is 386 g/mol. The summed E-state index contributed by atoms with van der Waals surface area (Å²) in [6.07, 6.45) is 5.02. The highest BCUT2D eigenvalue weighted by Crippen LogP contribution is 2.19. The Morgan fingerprint density at radius 1 is 1.14 bits per heavy atom. The zero-order chi connectivity index (χ0) is 19.9. The number of hydrogen-bond donors (Lipinski definition) is 1. The molecular formula is C19H26N6O3. The van der Waals surface area contributed by atoms with Crippen LogP contribution in [0.5, 0.6) is 5.88 Å². The van der Waals surface area contributed by atoms with Gasteiger partial charge in [0.25, 0.3) is 0 Å². The molecule has 0 aliphatic carbocycles. The van der Waals surface area contributed by atoms with E-state index in [1.807, 2.05) is 26.2 Å². The summed E-state index contributed by atoms with van der Waals surface area (Å²) in [6.45, 7) is 2.70. The number of fused-ring (bicyclic) bond motifs is 1. The number of rotatable bonds is 10. The highest BCUT2D eigenvalue weighted by atomic mass is 16.5. The number of aromatic amines is 1. The minimum absolute atomic E-state index is 0.220. The van der Waals surface area contributed by atoms with Gasteiger partial charge < -0.3 is 14.4 Å². The van der Waals surface area contributed by atoms with Gasteiger partial charge in [-0.1, -0.05) is 0 Å². The molecule has 0 spiro atoms. The van der Waals surface area contributed by atoms with Crippen LogP contribution in [-0.4, -0.2) is 70.4 Å². The van der Waals surface area contributed by atoms with Gasteiger partial charge in [0, 0.05) is 44.6 Å². The third-order valence-corrected chi connectivity index (χ3v) is 4.24. The third-order valence-electron chi connectivity index (χ3n) is 4.24. The van der Waals surface area contributed by atoms with E-state index in [1.165, 1.54) is 0 Å². The van der Waals surface area contributed by atoms with Crippen LogP contribution in [0, 0.1) is 0 Å². The summed E-state index contributed by atoms with van der Waals surface area (Å²) in [7, 11) is 5.70. The average Bonchev–Trinajstić information content (AvgIpc) is 3.00. The second-order valence-corrected chi connectivity index (χ2v) is 6.75. The van der Waals surface area contributed by atoms with Gasteiger partial charge in [-0.25, -0.2) is 19.7 Å². The normalized spacial score (nSPS) is 11.4. The SMILES string of the molecule is COCCCn1c(=O)[nH]c2nc(-c3ccc(OCCCN(C)C)nc3)cnc21. The maximum absolute atomic E-state index is 12.1. The lowest BCUT2D eigenvalue weighted by atomic mass is 10.2. The molecule has 0 saturated heterocycles. The first-order valence-electron chi connectivity index (χ1n) is 9.27. The van der Waals surface area contributed by atoms with Crippen LogP contribution >= 0.6 is 0 Å². The van der Waals surface area contributed by atoms with Gasteiger partial charge in [0.15, 0.2) is 11.3 Å². The maximum atomic E-state index is 12.1. The van der Waals surface area contributed by atoms with E-state index >= 15 is 0 Å². The van der Waals surface area contributed by atoms with Crippen molar-refractivity contribution < 1.29 is 9.47 Å². The fraction of sp³-hybridized carbons (Fsp3) is 0.474. The van der Waals surface area contributed by atoms with Gasteiger partial charge in [0.1, 0.15) is 0 Å². The van der Waals surface area contributed by atoms with Crippen LogP contribution in [0.25, 0.3) is 22.6 Å². The number of imidazole rings is 1. The van der Waals surface area contributed by atoms with Crippen LogP contribution < -0.4 is 10.4 Å². The lowest BCUT2D eigenvalue weighted by Gasteiger charge is -2.10. The van der Waals surface area contributed by atoms with Crippen molar-refractivity contribution in [1.82, 2.24) is 29.4 Å². The van der Waals surface area contributed by atoms with E-state index in [9.17, 15) is 4.79 Å². The fourth-order valence-corrected chi connectivity index (χ4v) is 2.82. The number of ether oxygens (including phenoxy) is 2. The Balaban J connectivity index is 1.70. The Labute approximate surface area is 163 Å². The Kier molecular flexibility index (Phi) is 6.72. The van der Waals surface area contributed by atoms with Crippen LogP contribution in [0.2, 0.25) is 0 Å². The largest absolute Gasteiger partial charge is 0.478 e. The van der Waals surface area contributed by atoms with Crippen LogP contribution in [0.3, 0.4) is 0 Å². The number of hydrogen-bond acceptors (Lipinski definition) is 7. The van der Waals surface area contributed by atoms with E-state index in [0.29, 0.717) is 42.6 Å². The lowest BCUT2D eigenvalue weighted by Crippen LogP contribution is -2.17. The van der Waals surface area contributed by atoms with Crippen LogP contribution in [0.4, 0.5) is 0 Å². The third kappa shape index (κ3) is 4.93. The van der Waals surface area contributed by atoms with E-state index in [-0.39, 0.29) is 5.69 Å². The highest BCUT2D eigenvalue weighted by molar-refractivity contribution is 5.70. The van der Waals surface area contributed by atoms with Crippen molar-refractivity contribution in [2.24, 2.45) is 0 Å². The number of methoxy groups -OCH3 is 1. The first-order chi connectivity index (χ1) is 13.6. The van der Waals surface area contributed by atoms with Crippen molar-refractivity contribution in [3.05, 3.63) is 35.0 Å². The summed E-state index contributed by atoms with van der Waals surface area (Å²) in [5.74, 6) is 0.578. The molecule has 9 heteroatoms. The molecule has 150 valence electrons. The summed E-state index contributed by atoms with van der Waals surface area (Å²) in [4.78, 5) is 30.3. The number of H-pyrrole nitrogens is 1. The number of nitrogens with one attached hydrogen (secondary N) is 1. The molecule has 3 heterocycles. The topological polar surface area (TPSA) is 98.2 Å². The first-order valence-corrected chi connectivity index (χ1v) is 9.27. The molecule has 1 N–H and O–H groups in total. The molecule has 0 aliphatic heterocycles. The smallest absolute Gasteiger partial charge is 0.328 e. The second-order valence-electron chi connectivity index (χ2n) is 6.75. The molecule has 9 nitrogen and oxygen atoms in total. The van der Waals surface area contributed by atoms with E-state index in [2.05, 4.69) is 24.8 Å². The van der Waals surface area contributed by atoms with Crippen molar-refractivity contribution in [3.8, 4) is 17.1 Å². The van der Waals surface area contributed by atoms with Gasteiger partial charge in [0.2, 0.25) is 5.88 Å².